The van der Waals surface area contributed by atoms with E-state index in [1.54, 1.807) is 6.07 Å². The number of nitrogens with zero attached hydrogens (tertiary/aromatic N) is 1. The highest BCUT2D eigenvalue weighted by Gasteiger charge is 2.09. The number of amidine groups is 1. The molecule has 0 aliphatic heterocycles. The van der Waals surface area contributed by atoms with Crippen molar-refractivity contribution in [1.82, 2.24) is 5.32 Å². The Bertz CT molecular complexity index is 605. The number of benzene rings is 1. The third-order valence-corrected chi connectivity index (χ3v) is 3.13. The maximum atomic E-state index is 8.68. The molecule has 0 amide bonds. The first kappa shape index (κ1) is 14.1. The first-order valence-electron chi connectivity index (χ1n) is 6.46. The van der Waals surface area contributed by atoms with Crippen LogP contribution in [-0.4, -0.2) is 11.0 Å². The summed E-state index contributed by atoms with van der Waals surface area (Å²) < 4.78 is 5.58. The SMILES string of the molecule is Cc1ccc(C(C)NCc2cccc(C(N)=NO)c2)o1. The molecule has 0 spiro atoms. The van der Waals surface area contributed by atoms with Crippen LogP contribution in [0, 0.1) is 6.92 Å². The van der Waals surface area contributed by atoms with E-state index in [9.17, 15) is 0 Å². The third kappa shape index (κ3) is 3.39. The average Bonchev–Trinajstić information content (AvgIpc) is 2.91. The summed E-state index contributed by atoms with van der Waals surface area (Å²) in [6.07, 6.45) is 0. The molecule has 2 rings (SSSR count). The standard InChI is InChI=1S/C15H19N3O2/c1-10-6-7-14(20-10)11(2)17-9-12-4-3-5-13(8-12)15(16)18-19/h3-8,11,17,19H,9H2,1-2H3,(H2,16,18). The Morgan fingerprint density at radius 3 is 2.85 bits per heavy atom. The molecule has 0 aliphatic rings. The minimum Gasteiger partial charge on any atom is -0.465 e. The van der Waals surface area contributed by atoms with E-state index in [-0.39, 0.29) is 11.9 Å². The van der Waals surface area contributed by atoms with Crippen LogP contribution in [0.5, 0.6) is 0 Å². The second kappa shape index (κ2) is 6.25. The highest BCUT2D eigenvalue weighted by atomic mass is 16.4. The number of furan rings is 1. The first-order valence-corrected chi connectivity index (χ1v) is 6.46. The zero-order valence-electron chi connectivity index (χ0n) is 11.6. The van der Waals surface area contributed by atoms with Gasteiger partial charge in [0.25, 0.3) is 0 Å². The first-order chi connectivity index (χ1) is 9.60. The second-order valence-electron chi connectivity index (χ2n) is 4.74. The molecule has 106 valence electrons. The van der Waals surface area contributed by atoms with E-state index < -0.39 is 0 Å². The molecule has 0 bridgehead atoms. The highest BCUT2D eigenvalue weighted by Crippen LogP contribution is 2.16. The fourth-order valence-electron chi connectivity index (χ4n) is 1.96. The van der Waals surface area contributed by atoms with E-state index in [0.29, 0.717) is 12.1 Å². The van der Waals surface area contributed by atoms with Crippen molar-refractivity contribution in [3.8, 4) is 0 Å². The molecule has 4 N–H and O–H groups in total. The van der Waals surface area contributed by atoms with Crippen LogP contribution in [0.1, 0.15) is 35.6 Å². The Hall–Kier alpha value is -2.27. The van der Waals surface area contributed by atoms with Crippen molar-refractivity contribution in [2.24, 2.45) is 10.9 Å². The van der Waals surface area contributed by atoms with Crippen LogP contribution >= 0.6 is 0 Å². The number of aryl methyl sites for hydroxylation is 1. The van der Waals surface area contributed by atoms with Crippen LogP contribution in [-0.2, 0) is 6.54 Å². The van der Waals surface area contributed by atoms with E-state index in [1.165, 1.54) is 0 Å². The summed E-state index contributed by atoms with van der Waals surface area (Å²) in [6.45, 7) is 4.65. The number of hydrogen-bond donors (Lipinski definition) is 3. The van der Waals surface area contributed by atoms with Gasteiger partial charge in [0.2, 0.25) is 0 Å². The molecule has 20 heavy (non-hydrogen) atoms. The Morgan fingerprint density at radius 1 is 1.40 bits per heavy atom. The molecule has 5 nitrogen and oxygen atoms in total. The largest absolute Gasteiger partial charge is 0.465 e. The fraction of sp³-hybridized carbons (Fsp3) is 0.267. The van der Waals surface area contributed by atoms with E-state index in [2.05, 4.69) is 10.5 Å². The van der Waals surface area contributed by atoms with E-state index in [0.717, 1.165) is 17.1 Å². The van der Waals surface area contributed by atoms with Gasteiger partial charge in [-0.2, -0.15) is 0 Å². The van der Waals surface area contributed by atoms with Crippen LogP contribution in [0.2, 0.25) is 0 Å². The van der Waals surface area contributed by atoms with E-state index in [4.69, 9.17) is 15.4 Å². The molecule has 2 aromatic rings. The van der Waals surface area contributed by atoms with Gasteiger partial charge in [-0.25, -0.2) is 0 Å². The number of oxime groups is 1. The molecular formula is C15H19N3O2. The van der Waals surface area contributed by atoms with Crippen LogP contribution in [0.3, 0.4) is 0 Å². The zero-order chi connectivity index (χ0) is 14.5. The summed E-state index contributed by atoms with van der Waals surface area (Å²) in [4.78, 5) is 0. The minimum absolute atomic E-state index is 0.113. The van der Waals surface area contributed by atoms with Crippen molar-refractivity contribution < 1.29 is 9.62 Å². The smallest absolute Gasteiger partial charge is 0.170 e. The minimum atomic E-state index is 0.113. The van der Waals surface area contributed by atoms with Crippen molar-refractivity contribution in [2.75, 3.05) is 0 Å². The third-order valence-electron chi connectivity index (χ3n) is 3.13. The molecule has 0 saturated heterocycles. The molecule has 0 saturated carbocycles. The molecule has 0 aliphatic carbocycles. The maximum Gasteiger partial charge on any atom is 0.170 e. The van der Waals surface area contributed by atoms with Gasteiger partial charge in [-0.1, -0.05) is 23.4 Å². The predicted octanol–water partition coefficient (Wildman–Crippen LogP) is 2.53. The molecule has 1 aromatic carbocycles. The molecule has 1 heterocycles. The Kier molecular flexibility index (Phi) is 4.42. The summed E-state index contributed by atoms with van der Waals surface area (Å²) in [5, 5.41) is 15.1. The Labute approximate surface area is 118 Å². The van der Waals surface area contributed by atoms with Crippen molar-refractivity contribution in [3.63, 3.8) is 0 Å². The number of nitrogens with two attached hydrogens (primary N) is 1. The lowest BCUT2D eigenvalue weighted by molar-refractivity contribution is 0.318. The molecule has 5 heteroatoms. The molecule has 1 aromatic heterocycles. The molecule has 0 fully saturated rings. The normalized spacial score (nSPS) is 13.4. The van der Waals surface area contributed by atoms with Gasteiger partial charge in [-0.05, 0) is 37.6 Å². The summed E-state index contributed by atoms with van der Waals surface area (Å²) >= 11 is 0. The lowest BCUT2D eigenvalue weighted by Crippen LogP contribution is -2.18. The van der Waals surface area contributed by atoms with Crippen LogP contribution in [0.25, 0.3) is 0 Å². The average molecular weight is 273 g/mol. The summed E-state index contributed by atoms with van der Waals surface area (Å²) in [5.74, 6) is 1.93. The monoisotopic (exact) mass is 273 g/mol. The van der Waals surface area contributed by atoms with Crippen LogP contribution in [0.4, 0.5) is 0 Å². The summed E-state index contributed by atoms with van der Waals surface area (Å²) in [6, 6.07) is 11.6. The van der Waals surface area contributed by atoms with Gasteiger partial charge < -0.3 is 20.7 Å². The zero-order valence-corrected chi connectivity index (χ0v) is 11.6. The van der Waals surface area contributed by atoms with E-state index >= 15 is 0 Å². The van der Waals surface area contributed by atoms with Gasteiger partial charge in [-0.3, -0.25) is 0 Å². The quantitative estimate of drug-likeness (QED) is 0.338. The van der Waals surface area contributed by atoms with Gasteiger partial charge in [0.05, 0.1) is 6.04 Å². The summed E-state index contributed by atoms with van der Waals surface area (Å²) in [5.41, 5.74) is 7.34. The fourth-order valence-corrected chi connectivity index (χ4v) is 1.96. The van der Waals surface area contributed by atoms with Crippen molar-refractivity contribution in [1.29, 1.82) is 0 Å². The number of hydrogen-bond acceptors (Lipinski definition) is 4. The Balaban J connectivity index is 2.00. The van der Waals surface area contributed by atoms with Crippen molar-refractivity contribution in [2.45, 2.75) is 26.4 Å². The summed E-state index contributed by atoms with van der Waals surface area (Å²) in [7, 11) is 0. The van der Waals surface area contributed by atoms with Gasteiger partial charge in [0.1, 0.15) is 11.5 Å². The predicted molar refractivity (Wildman–Crippen MR) is 77.7 cm³/mol. The van der Waals surface area contributed by atoms with Crippen molar-refractivity contribution >= 4 is 5.84 Å². The lowest BCUT2D eigenvalue weighted by Gasteiger charge is -2.12. The van der Waals surface area contributed by atoms with E-state index in [1.807, 2.05) is 44.2 Å². The topological polar surface area (TPSA) is 83.8 Å². The van der Waals surface area contributed by atoms with Crippen molar-refractivity contribution in [3.05, 3.63) is 59.0 Å². The highest BCUT2D eigenvalue weighted by molar-refractivity contribution is 5.97. The second-order valence-corrected chi connectivity index (χ2v) is 4.74. The van der Waals surface area contributed by atoms with Gasteiger partial charge in [0.15, 0.2) is 5.84 Å². The molecule has 1 atom stereocenters. The van der Waals surface area contributed by atoms with Crippen LogP contribution < -0.4 is 11.1 Å². The maximum absolute atomic E-state index is 8.68. The molecule has 0 radical (unpaired) electrons. The van der Waals surface area contributed by atoms with Gasteiger partial charge in [-0.15, -0.1) is 0 Å². The number of nitrogens with one attached hydrogen (secondary N) is 1. The van der Waals surface area contributed by atoms with Gasteiger partial charge in [0, 0.05) is 12.1 Å². The Morgan fingerprint density at radius 2 is 2.20 bits per heavy atom. The molecular weight excluding hydrogens is 254 g/mol. The van der Waals surface area contributed by atoms with Crippen LogP contribution in [0.15, 0.2) is 46.0 Å². The number of rotatable bonds is 5. The molecule has 1 unspecified atom stereocenters. The lowest BCUT2D eigenvalue weighted by atomic mass is 10.1. The van der Waals surface area contributed by atoms with Gasteiger partial charge >= 0.3 is 0 Å².